The van der Waals surface area contributed by atoms with E-state index in [4.69, 9.17) is 14.2 Å². The van der Waals surface area contributed by atoms with Gasteiger partial charge in [-0.3, -0.25) is 5.10 Å². The minimum absolute atomic E-state index is 0.0162. The first-order chi connectivity index (χ1) is 37.6. The number of aromatic nitrogens is 9. The maximum Gasteiger partial charge on any atom is 0.416 e. The van der Waals surface area contributed by atoms with Crippen LogP contribution in [0.25, 0.3) is 46.6 Å². The van der Waals surface area contributed by atoms with Gasteiger partial charge in [-0.2, -0.15) is 84.1 Å². The molecule has 6 aromatic rings. The number of hydrogen-bond acceptors (Lipinski definition) is 12. The van der Waals surface area contributed by atoms with E-state index in [0.717, 1.165) is 52.9 Å². The van der Waals surface area contributed by atoms with Crippen molar-refractivity contribution in [3.8, 4) is 34.2 Å². The number of benzene rings is 3. The van der Waals surface area contributed by atoms with Gasteiger partial charge in [-0.1, -0.05) is 22.6 Å². The average Bonchev–Trinajstić information content (AvgIpc) is 4.23. The number of carbonyl (C=O) groups excluding carboxylic acids is 3. The summed E-state index contributed by atoms with van der Waals surface area (Å²) >= 11 is 1.97. The van der Waals surface area contributed by atoms with E-state index in [2.05, 4.69) is 35.3 Å². The molecule has 0 amide bonds. The fourth-order valence-corrected chi connectivity index (χ4v) is 6.00. The molecule has 0 atom stereocenters. The molecule has 0 spiro atoms. The van der Waals surface area contributed by atoms with Crippen LogP contribution in [0.5, 0.6) is 0 Å². The van der Waals surface area contributed by atoms with Gasteiger partial charge in [-0.15, -0.1) is 10.2 Å². The van der Waals surface area contributed by atoms with Crippen molar-refractivity contribution in [3.63, 3.8) is 0 Å². The Morgan fingerprint density at radius 1 is 0.451 bits per heavy atom. The molecular formula is C48H40F18IN9O6. The number of halogens is 19. The lowest BCUT2D eigenvalue weighted by atomic mass is 10.0. The molecule has 0 saturated carbocycles. The molecule has 0 saturated heterocycles. The van der Waals surface area contributed by atoms with Gasteiger partial charge < -0.3 is 14.2 Å². The van der Waals surface area contributed by atoms with Crippen LogP contribution in [0.15, 0.2) is 95.9 Å². The maximum atomic E-state index is 12.9. The van der Waals surface area contributed by atoms with Crippen LogP contribution < -0.4 is 0 Å². The normalized spacial score (nSPS) is 12.5. The van der Waals surface area contributed by atoms with E-state index in [1.807, 2.05) is 36.4 Å². The Morgan fingerprint density at radius 2 is 0.732 bits per heavy atom. The van der Waals surface area contributed by atoms with Crippen LogP contribution in [-0.2, 0) is 65.7 Å². The van der Waals surface area contributed by atoms with E-state index in [1.165, 1.54) is 6.08 Å². The molecule has 0 aliphatic rings. The van der Waals surface area contributed by atoms with Gasteiger partial charge in [-0.25, -0.2) is 38.7 Å². The summed E-state index contributed by atoms with van der Waals surface area (Å²) < 4.78 is 248. The largest absolute Gasteiger partial charge is 0.460 e. The number of rotatable bonds is 11. The van der Waals surface area contributed by atoms with Crippen LogP contribution in [0.4, 0.5) is 79.0 Å². The molecule has 34 heteroatoms. The molecule has 0 bridgehead atoms. The summed E-state index contributed by atoms with van der Waals surface area (Å²) in [5.74, 6) is -2.57. The van der Waals surface area contributed by atoms with Gasteiger partial charge in [-0.05, 0) is 100 Å². The zero-order valence-electron chi connectivity index (χ0n) is 42.3. The van der Waals surface area contributed by atoms with Crippen molar-refractivity contribution in [2.75, 3.05) is 0 Å². The second-order valence-electron chi connectivity index (χ2n) is 16.7. The SMILES string of the molecule is CC(C)OC(=O)/C=C/n1cnc(-c2cc(C(F)(F)F)cc(C(F)(F)F)c2)n1.CC(C)OC(=O)/C=C\I.CC(C)OC(=O)/C=C\n1cnc(-c2cc(C(F)(F)F)cc(C(F)(F)F)c2)n1.FC(F)(F)c1cc(-c2ncn[nH]2)cc(C(F)(F)F)c1. The highest BCUT2D eigenvalue weighted by Crippen LogP contribution is 2.41. The average molecular weight is 1310 g/mol. The number of H-pyrrole nitrogens is 1. The molecule has 3 heterocycles. The smallest absolute Gasteiger partial charge is 0.416 e. The number of esters is 3. The fourth-order valence-electron chi connectivity index (χ4n) is 5.70. The third kappa shape index (κ3) is 23.0. The first kappa shape index (κ1) is 68.5. The summed E-state index contributed by atoms with van der Waals surface area (Å²) in [6.45, 7) is 10.2. The number of aromatic amines is 1. The number of carbonyl (C=O) groups is 3. The van der Waals surface area contributed by atoms with E-state index in [0.29, 0.717) is 36.4 Å². The number of hydrogen-bond donors (Lipinski definition) is 1. The highest BCUT2D eigenvalue weighted by molar-refractivity contribution is 14.1. The Bertz CT molecular complexity index is 2930. The van der Waals surface area contributed by atoms with E-state index >= 15 is 0 Å². The number of nitrogens with zero attached hydrogens (tertiary/aromatic N) is 8. The van der Waals surface area contributed by atoms with E-state index in [1.54, 1.807) is 31.8 Å². The predicted octanol–water partition coefficient (Wildman–Crippen LogP) is 14.2. The zero-order valence-corrected chi connectivity index (χ0v) is 44.5. The van der Waals surface area contributed by atoms with E-state index in [9.17, 15) is 93.4 Å². The van der Waals surface area contributed by atoms with Crippen molar-refractivity contribution in [2.24, 2.45) is 0 Å². The molecule has 1 N–H and O–H groups in total. The van der Waals surface area contributed by atoms with Crippen molar-refractivity contribution in [2.45, 2.75) is 96.9 Å². The Labute approximate surface area is 464 Å². The zero-order chi connectivity index (χ0) is 62.3. The van der Waals surface area contributed by atoms with Crippen LogP contribution in [0.3, 0.4) is 0 Å². The Hall–Kier alpha value is -7.82. The first-order valence-corrected chi connectivity index (χ1v) is 23.6. The number of ether oxygens (including phenoxy) is 3. The number of alkyl halides is 18. The maximum absolute atomic E-state index is 12.9. The van der Waals surface area contributed by atoms with Crippen molar-refractivity contribution in [3.05, 3.63) is 129 Å². The second-order valence-corrected chi connectivity index (χ2v) is 17.4. The van der Waals surface area contributed by atoms with Gasteiger partial charge >= 0.3 is 55.0 Å². The quantitative estimate of drug-likeness (QED) is 0.0427. The summed E-state index contributed by atoms with van der Waals surface area (Å²) in [6.07, 6.45) is -21.8. The molecule has 3 aromatic carbocycles. The predicted molar refractivity (Wildman–Crippen MR) is 260 cm³/mol. The van der Waals surface area contributed by atoms with Gasteiger partial charge in [0.25, 0.3) is 0 Å². The summed E-state index contributed by atoms with van der Waals surface area (Å²) in [7, 11) is 0. The van der Waals surface area contributed by atoms with Gasteiger partial charge in [0.15, 0.2) is 17.5 Å². The highest BCUT2D eigenvalue weighted by Gasteiger charge is 2.40. The van der Waals surface area contributed by atoms with Crippen molar-refractivity contribution >= 4 is 52.9 Å². The molecule has 15 nitrogen and oxygen atoms in total. The summed E-state index contributed by atoms with van der Waals surface area (Å²) in [4.78, 5) is 44.2. The van der Waals surface area contributed by atoms with Gasteiger partial charge in [0.2, 0.25) is 0 Å². The standard InChI is InChI=1S/2C16H13F6N3O2.C10H5F6N3.C6H9IO2/c2*1-9(2)27-13(26)3-4-25-8-23-14(24-25)10-5-11(15(17,18)19)7-12(6-10)16(20,21)22;11-9(12,13)6-1-5(8-17-4-18-19-8)2-7(3-6)10(14,15)16;1-5(2)9-6(8)3-4-7/h2*3-9H,1-2H3;1-4H,(H,17,18,19);3-5H,1-2H3/b4-3+;4-3-;;4-3-. The topological polar surface area (TPSA) is 182 Å². The first-order valence-electron chi connectivity index (χ1n) is 22.4. The fraction of sp³-hybridized carbons (Fsp3) is 0.312. The van der Waals surface area contributed by atoms with Crippen LogP contribution in [0.2, 0.25) is 0 Å². The van der Waals surface area contributed by atoms with Crippen molar-refractivity contribution < 1.29 is 108 Å². The number of nitrogens with one attached hydrogen (secondary N) is 1. The van der Waals surface area contributed by atoms with Crippen LogP contribution in [-0.4, -0.2) is 80.9 Å². The third-order valence-corrected chi connectivity index (χ3v) is 9.33. The van der Waals surface area contributed by atoms with Gasteiger partial charge in [0.05, 0.1) is 51.7 Å². The molecule has 82 heavy (non-hydrogen) atoms. The van der Waals surface area contributed by atoms with Gasteiger partial charge in [0.1, 0.15) is 19.0 Å². The lowest BCUT2D eigenvalue weighted by Gasteiger charge is -2.13. The molecular weight excluding hydrogens is 1270 g/mol. The lowest BCUT2D eigenvalue weighted by Crippen LogP contribution is -2.11. The van der Waals surface area contributed by atoms with Crippen LogP contribution >= 0.6 is 22.6 Å². The Balaban J connectivity index is 0.000000303. The minimum atomic E-state index is -4.97. The summed E-state index contributed by atoms with van der Waals surface area (Å²) in [5, 5.41) is 13.1. The molecule has 0 unspecified atom stereocenters. The molecule has 0 fully saturated rings. The molecule has 3 aromatic heterocycles. The van der Waals surface area contributed by atoms with Gasteiger partial charge in [0, 0.05) is 47.3 Å². The second kappa shape index (κ2) is 28.2. The van der Waals surface area contributed by atoms with Crippen LogP contribution in [0, 0.1) is 0 Å². The van der Waals surface area contributed by atoms with Crippen LogP contribution in [0.1, 0.15) is 74.9 Å². The van der Waals surface area contributed by atoms with E-state index in [-0.39, 0.29) is 65.5 Å². The lowest BCUT2D eigenvalue weighted by molar-refractivity contribution is -0.144. The summed E-state index contributed by atoms with van der Waals surface area (Å²) in [6, 6.07) is 3.32. The van der Waals surface area contributed by atoms with Crippen molar-refractivity contribution in [1.29, 1.82) is 0 Å². The van der Waals surface area contributed by atoms with E-state index < -0.39 is 93.5 Å². The Morgan fingerprint density at radius 3 is 0.976 bits per heavy atom. The highest BCUT2D eigenvalue weighted by atomic mass is 127. The molecule has 446 valence electrons. The molecule has 6 rings (SSSR count). The third-order valence-electron chi connectivity index (χ3n) is 8.97. The molecule has 0 radical (unpaired) electrons. The molecule has 0 aliphatic carbocycles. The Kier molecular flexibility index (Phi) is 23.6. The monoisotopic (exact) mass is 1310 g/mol. The van der Waals surface area contributed by atoms with Crippen molar-refractivity contribution in [1.82, 2.24) is 44.7 Å². The minimum Gasteiger partial charge on any atom is -0.460 e. The summed E-state index contributed by atoms with van der Waals surface area (Å²) in [5.41, 5.74) is -9.94. The molecule has 0 aliphatic heterocycles.